The molecule has 2 aromatic carbocycles. The van der Waals surface area contributed by atoms with Gasteiger partial charge in [0.2, 0.25) is 0 Å². The zero-order chi connectivity index (χ0) is 17.9. The van der Waals surface area contributed by atoms with Gasteiger partial charge in [-0.15, -0.1) is 0 Å². The van der Waals surface area contributed by atoms with Gasteiger partial charge in [0.05, 0.1) is 10.6 Å². The van der Waals surface area contributed by atoms with Crippen molar-refractivity contribution in [2.75, 3.05) is 10.8 Å². The predicted octanol–water partition coefficient (Wildman–Crippen LogP) is 1.63. The number of carbonyl (C=O) groups is 1. The van der Waals surface area contributed by atoms with Crippen LogP contribution in [-0.2, 0) is 14.8 Å². The molecule has 0 spiro atoms. The summed E-state index contributed by atoms with van der Waals surface area (Å²) in [4.78, 5) is 11.6. The maximum atomic E-state index is 13.1. The Kier molecular flexibility index (Phi) is 5.20. The molecule has 128 valence electrons. The number of nitrogens with two attached hydrogens (primary N) is 1. The Bertz CT molecular complexity index is 831. The summed E-state index contributed by atoms with van der Waals surface area (Å²) in [6.45, 7) is 3.01. The van der Waals surface area contributed by atoms with Crippen molar-refractivity contribution < 1.29 is 17.6 Å². The minimum atomic E-state index is -4.07. The number of hydrogen-bond acceptors (Lipinski definition) is 4. The van der Waals surface area contributed by atoms with Crippen LogP contribution in [0, 0.1) is 19.7 Å². The molecular formula is C16H18FN3O3S. The van der Waals surface area contributed by atoms with E-state index in [4.69, 9.17) is 5.84 Å². The molecule has 8 heteroatoms. The van der Waals surface area contributed by atoms with Crippen LogP contribution in [0.25, 0.3) is 0 Å². The molecule has 2 aromatic rings. The summed E-state index contributed by atoms with van der Waals surface area (Å²) in [5.74, 6) is 3.89. The largest absolute Gasteiger partial charge is 0.293 e. The first-order valence-corrected chi connectivity index (χ1v) is 8.55. The van der Waals surface area contributed by atoms with Crippen molar-refractivity contribution in [2.24, 2.45) is 5.84 Å². The number of rotatable bonds is 5. The second-order valence-electron chi connectivity index (χ2n) is 5.27. The van der Waals surface area contributed by atoms with E-state index in [2.05, 4.69) is 0 Å². The Labute approximate surface area is 140 Å². The van der Waals surface area contributed by atoms with E-state index >= 15 is 0 Å². The second-order valence-corrected chi connectivity index (χ2v) is 7.14. The van der Waals surface area contributed by atoms with Crippen molar-refractivity contribution in [3.63, 3.8) is 0 Å². The number of amides is 1. The number of hydrazine groups is 1. The number of carbonyl (C=O) groups excluding carboxylic acids is 1. The molecule has 0 aliphatic heterocycles. The van der Waals surface area contributed by atoms with Crippen LogP contribution in [0.4, 0.5) is 10.1 Å². The van der Waals surface area contributed by atoms with Crippen LogP contribution in [-0.4, -0.2) is 20.9 Å². The van der Waals surface area contributed by atoms with Gasteiger partial charge in [-0.3, -0.25) is 14.5 Å². The number of sulfonamides is 1. The lowest BCUT2D eigenvalue weighted by Crippen LogP contribution is -2.43. The summed E-state index contributed by atoms with van der Waals surface area (Å²) in [7, 11) is -4.07. The van der Waals surface area contributed by atoms with Crippen LogP contribution in [0.1, 0.15) is 11.1 Å². The third-order valence-corrected chi connectivity index (χ3v) is 5.30. The molecule has 0 fully saturated rings. The fourth-order valence-corrected chi connectivity index (χ4v) is 3.94. The number of hydrogen-bond donors (Lipinski definition) is 2. The SMILES string of the molecule is Cc1cccc(C)c1N(CC(=O)NN)S(=O)(=O)c1ccc(F)cc1. The van der Waals surface area contributed by atoms with E-state index in [1.54, 1.807) is 32.0 Å². The molecule has 6 nitrogen and oxygen atoms in total. The standard InChI is InChI=1S/C16H18FN3O3S/c1-11-4-3-5-12(2)16(11)20(10-15(21)19-18)24(22,23)14-8-6-13(17)7-9-14/h3-9H,10,18H2,1-2H3,(H,19,21). The van der Waals surface area contributed by atoms with Crippen LogP contribution in [0.15, 0.2) is 47.4 Å². The summed E-state index contributed by atoms with van der Waals surface area (Å²) >= 11 is 0. The highest BCUT2D eigenvalue weighted by molar-refractivity contribution is 7.92. The maximum Gasteiger partial charge on any atom is 0.264 e. The van der Waals surface area contributed by atoms with Crippen LogP contribution < -0.4 is 15.6 Å². The average molecular weight is 351 g/mol. The molecule has 0 radical (unpaired) electrons. The third-order valence-electron chi connectivity index (χ3n) is 3.54. The lowest BCUT2D eigenvalue weighted by atomic mass is 10.1. The lowest BCUT2D eigenvalue weighted by Gasteiger charge is -2.26. The smallest absolute Gasteiger partial charge is 0.264 e. The molecule has 0 heterocycles. The van der Waals surface area contributed by atoms with Gasteiger partial charge in [-0.1, -0.05) is 18.2 Å². The average Bonchev–Trinajstić information content (AvgIpc) is 2.53. The van der Waals surface area contributed by atoms with Crippen molar-refractivity contribution in [1.82, 2.24) is 5.43 Å². The van der Waals surface area contributed by atoms with E-state index in [1.807, 2.05) is 5.43 Å². The van der Waals surface area contributed by atoms with Crippen molar-refractivity contribution >= 4 is 21.6 Å². The number of nitrogens with one attached hydrogen (secondary N) is 1. The first-order valence-electron chi connectivity index (χ1n) is 7.11. The van der Waals surface area contributed by atoms with Crippen LogP contribution in [0.3, 0.4) is 0 Å². The molecule has 0 aliphatic rings. The van der Waals surface area contributed by atoms with Gasteiger partial charge in [-0.2, -0.15) is 0 Å². The van der Waals surface area contributed by atoms with Crippen LogP contribution >= 0.6 is 0 Å². The minimum Gasteiger partial charge on any atom is -0.293 e. The Morgan fingerprint density at radius 1 is 1.12 bits per heavy atom. The summed E-state index contributed by atoms with van der Waals surface area (Å²) in [5, 5.41) is 0. The number of halogens is 1. The van der Waals surface area contributed by atoms with Gasteiger partial charge in [0.15, 0.2) is 0 Å². The van der Waals surface area contributed by atoms with Crippen LogP contribution in [0.2, 0.25) is 0 Å². The molecule has 3 N–H and O–H groups in total. The maximum absolute atomic E-state index is 13.1. The topological polar surface area (TPSA) is 92.5 Å². The van der Waals surface area contributed by atoms with Gasteiger partial charge < -0.3 is 0 Å². The van der Waals surface area contributed by atoms with Crippen molar-refractivity contribution in [2.45, 2.75) is 18.7 Å². The molecule has 2 rings (SSSR count). The molecule has 0 aliphatic carbocycles. The first-order chi connectivity index (χ1) is 11.3. The highest BCUT2D eigenvalue weighted by atomic mass is 32.2. The number of benzene rings is 2. The summed E-state index contributed by atoms with van der Waals surface area (Å²) in [6.07, 6.45) is 0. The minimum absolute atomic E-state index is 0.114. The number of aryl methyl sites for hydroxylation is 2. The van der Waals surface area contributed by atoms with Gasteiger partial charge in [-0.25, -0.2) is 18.7 Å². The Hall–Kier alpha value is -2.45. The fraction of sp³-hybridized carbons (Fsp3) is 0.188. The molecule has 1 amide bonds. The van der Waals surface area contributed by atoms with Gasteiger partial charge >= 0.3 is 0 Å². The Balaban J connectivity index is 2.62. The Morgan fingerprint density at radius 3 is 2.17 bits per heavy atom. The Morgan fingerprint density at radius 2 is 1.67 bits per heavy atom. The molecular weight excluding hydrogens is 333 g/mol. The molecule has 0 bridgehead atoms. The quantitative estimate of drug-likeness (QED) is 0.486. The highest BCUT2D eigenvalue weighted by Gasteiger charge is 2.29. The van der Waals surface area contributed by atoms with E-state index < -0.39 is 28.3 Å². The van der Waals surface area contributed by atoms with Gasteiger partial charge in [0.1, 0.15) is 12.4 Å². The second kappa shape index (κ2) is 6.98. The van der Waals surface area contributed by atoms with E-state index in [0.29, 0.717) is 16.8 Å². The van der Waals surface area contributed by atoms with E-state index in [0.717, 1.165) is 28.6 Å². The van der Waals surface area contributed by atoms with Gasteiger partial charge in [0, 0.05) is 0 Å². The molecule has 0 saturated carbocycles. The highest BCUT2D eigenvalue weighted by Crippen LogP contribution is 2.29. The van der Waals surface area contributed by atoms with Crippen LogP contribution in [0.5, 0.6) is 0 Å². The van der Waals surface area contributed by atoms with Crippen molar-refractivity contribution in [1.29, 1.82) is 0 Å². The van der Waals surface area contributed by atoms with E-state index in [-0.39, 0.29) is 4.90 Å². The normalized spacial score (nSPS) is 11.2. The number of para-hydroxylation sites is 1. The molecule has 0 atom stereocenters. The summed E-state index contributed by atoms with van der Waals surface area (Å²) in [5.41, 5.74) is 3.70. The van der Waals surface area contributed by atoms with E-state index in [9.17, 15) is 17.6 Å². The van der Waals surface area contributed by atoms with Gasteiger partial charge in [-0.05, 0) is 49.2 Å². The molecule has 0 saturated heterocycles. The summed E-state index contributed by atoms with van der Waals surface area (Å²) in [6, 6.07) is 9.71. The predicted molar refractivity (Wildman–Crippen MR) is 89.2 cm³/mol. The lowest BCUT2D eigenvalue weighted by molar-refractivity contribution is -0.119. The first kappa shape index (κ1) is 17.9. The fourth-order valence-electron chi connectivity index (χ4n) is 2.39. The molecule has 0 unspecified atom stereocenters. The number of nitrogens with zero attached hydrogens (tertiary/aromatic N) is 1. The van der Waals surface area contributed by atoms with Crippen molar-refractivity contribution in [3.05, 3.63) is 59.4 Å². The van der Waals surface area contributed by atoms with E-state index in [1.165, 1.54) is 0 Å². The zero-order valence-electron chi connectivity index (χ0n) is 13.3. The monoisotopic (exact) mass is 351 g/mol. The van der Waals surface area contributed by atoms with Gasteiger partial charge in [0.25, 0.3) is 15.9 Å². The molecule has 24 heavy (non-hydrogen) atoms. The zero-order valence-corrected chi connectivity index (χ0v) is 14.1. The van der Waals surface area contributed by atoms with Crippen molar-refractivity contribution in [3.8, 4) is 0 Å². The number of anilines is 1. The molecule has 0 aromatic heterocycles. The summed E-state index contributed by atoms with van der Waals surface area (Å²) < 4.78 is 40.0. The third kappa shape index (κ3) is 3.55.